The molecule has 0 spiro atoms. The Labute approximate surface area is 281 Å². The molecule has 0 heterocycles. The Morgan fingerprint density at radius 2 is 1.45 bits per heavy atom. The topological polar surface area (TPSA) is 32.6 Å². The highest BCUT2D eigenvalue weighted by molar-refractivity contribution is 5.86. The van der Waals surface area contributed by atoms with Gasteiger partial charge in [0, 0.05) is 46.7 Å². The first-order chi connectivity index (χ1) is 22.7. The van der Waals surface area contributed by atoms with Crippen molar-refractivity contribution < 1.29 is 5.11 Å². The molecule has 47 heavy (non-hydrogen) atoms. The second-order valence-corrected chi connectivity index (χ2v) is 15.1. The van der Waals surface area contributed by atoms with Crippen LogP contribution in [0.25, 0.3) is 16.7 Å². The van der Waals surface area contributed by atoms with E-state index in [9.17, 15) is 5.11 Å². The molecule has 3 aliphatic rings. The number of hydrogen-bond acceptors (Lipinski definition) is 2. The van der Waals surface area contributed by atoms with Gasteiger partial charge in [0.05, 0.1) is 0 Å². The Kier molecular flexibility index (Phi) is 8.44. The van der Waals surface area contributed by atoms with Crippen LogP contribution in [0.4, 0.5) is 0 Å². The highest BCUT2D eigenvalue weighted by atomic mass is 16.3. The maximum atomic E-state index is 11.3. The standard InChI is InChI=1S/C45H47NO/c1-44(2,3)41-29-31(28-33(43(41)47)30-46-34-18-6-5-7-19-34)16-14-15-27-45(4,40-26-25-32-17-8-9-20-35(32)40)42-38-23-12-10-21-36(38)37-22-11-13-24-39(37)42/h8-13,17,20-24,26,28-30,34,42,47H,5-7,15,18-19,25,27H2,1-4H3. The molecule has 1 N–H and O–H groups in total. The molecule has 7 rings (SSSR count). The largest absolute Gasteiger partial charge is 0.507 e. The van der Waals surface area contributed by atoms with Crippen molar-refractivity contribution in [2.75, 3.05) is 0 Å². The number of hydrogen-bond donors (Lipinski definition) is 1. The lowest BCUT2D eigenvalue weighted by Crippen LogP contribution is -2.27. The van der Waals surface area contributed by atoms with Crippen molar-refractivity contribution >= 4 is 11.8 Å². The second kappa shape index (κ2) is 12.7. The van der Waals surface area contributed by atoms with Gasteiger partial charge in [-0.3, -0.25) is 4.99 Å². The van der Waals surface area contributed by atoms with Crippen molar-refractivity contribution in [3.63, 3.8) is 0 Å². The normalized spacial score (nSPS) is 17.4. The van der Waals surface area contributed by atoms with E-state index in [-0.39, 0.29) is 16.7 Å². The van der Waals surface area contributed by atoms with Crippen LogP contribution in [0.2, 0.25) is 0 Å². The third kappa shape index (κ3) is 5.98. The summed E-state index contributed by atoms with van der Waals surface area (Å²) in [6.07, 6.45) is 13.1. The van der Waals surface area contributed by atoms with Crippen LogP contribution < -0.4 is 0 Å². The fourth-order valence-corrected chi connectivity index (χ4v) is 8.40. The molecular formula is C45H47NO. The van der Waals surface area contributed by atoms with E-state index < -0.39 is 0 Å². The highest BCUT2D eigenvalue weighted by Crippen LogP contribution is 2.60. The zero-order chi connectivity index (χ0) is 32.6. The lowest BCUT2D eigenvalue weighted by atomic mass is 9.64. The van der Waals surface area contributed by atoms with Gasteiger partial charge in [-0.25, -0.2) is 0 Å². The Hall–Kier alpha value is -4.35. The summed E-state index contributed by atoms with van der Waals surface area (Å²) in [7, 11) is 0. The minimum absolute atomic E-state index is 0.146. The summed E-state index contributed by atoms with van der Waals surface area (Å²) < 4.78 is 0. The van der Waals surface area contributed by atoms with Gasteiger partial charge in [0.15, 0.2) is 0 Å². The first-order valence-corrected chi connectivity index (χ1v) is 17.6. The number of phenols is 1. The molecule has 238 valence electrons. The Morgan fingerprint density at radius 3 is 2.13 bits per heavy atom. The zero-order valence-electron chi connectivity index (χ0n) is 28.4. The molecule has 0 bridgehead atoms. The summed E-state index contributed by atoms with van der Waals surface area (Å²) in [5.74, 6) is 7.72. The van der Waals surface area contributed by atoms with Crippen molar-refractivity contribution in [3.05, 3.63) is 130 Å². The number of benzene rings is 4. The molecule has 4 aromatic carbocycles. The monoisotopic (exact) mass is 617 g/mol. The van der Waals surface area contributed by atoms with Gasteiger partial charge in [0.25, 0.3) is 0 Å². The van der Waals surface area contributed by atoms with Crippen LogP contribution in [-0.2, 0) is 11.8 Å². The summed E-state index contributed by atoms with van der Waals surface area (Å²) >= 11 is 0. The number of allylic oxidation sites excluding steroid dienone is 2. The number of aliphatic imine (C=N–C) groups is 1. The van der Waals surface area contributed by atoms with Gasteiger partial charge in [0.1, 0.15) is 5.75 Å². The number of nitrogens with zero attached hydrogens (tertiary/aromatic N) is 1. The minimum Gasteiger partial charge on any atom is -0.507 e. The fraction of sp³-hybridized carbons (Fsp3) is 0.356. The van der Waals surface area contributed by atoms with Crippen LogP contribution >= 0.6 is 0 Å². The van der Waals surface area contributed by atoms with Crippen LogP contribution in [0.15, 0.2) is 96.0 Å². The highest BCUT2D eigenvalue weighted by Gasteiger charge is 2.45. The molecule has 0 amide bonds. The van der Waals surface area contributed by atoms with Crippen LogP contribution in [0.5, 0.6) is 5.75 Å². The van der Waals surface area contributed by atoms with E-state index in [0.29, 0.717) is 11.8 Å². The van der Waals surface area contributed by atoms with Gasteiger partial charge in [-0.05, 0) is 82.2 Å². The van der Waals surface area contributed by atoms with E-state index >= 15 is 0 Å². The smallest absolute Gasteiger partial charge is 0.128 e. The first-order valence-electron chi connectivity index (χ1n) is 17.6. The molecule has 2 heteroatoms. The second-order valence-electron chi connectivity index (χ2n) is 15.1. The number of aromatic hydroxyl groups is 1. The van der Waals surface area contributed by atoms with E-state index in [0.717, 1.165) is 48.8 Å². The molecule has 2 nitrogen and oxygen atoms in total. The molecule has 1 unspecified atom stereocenters. The molecule has 0 radical (unpaired) electrons. The molecule has 1 atom stereocenters. The number of fused-ring (bicyclic) bond motifs is 4. The summed E-state index contributed by atoms with van der Waals surface area (Å²) in [4.78, 5) is 4.91. The van der Waals surface area contributed by atoms with Gasteiger partial charge in [-0.2, -0.15) is 0 Å². The van der Waals surface area contributed by atoms with E-state index in [2.05, 4.69) is 124 Å². The van der Waals surface area contributed by atoms with E-state index in [1.54, 1.807) is 0 Å². The molecular weight excluding hydrogens is 571 g/mol. The van der Waals surface area contributed by atoms with E-state index in [1.807, 2.05) is 12.3 Å². The molecule has 3 aliphatic carbocycles. The Morgan fingerprint density at radius 1 is 0.809 bits per heavy atom. The SMILES string of the molecule is CC(C)(C)c1cc(C#CCCC(C)(C2=CCc3ccccc32)C2c3ccccc3-c3ccccc32)cc(C=NC2CCCCC2)c1O. The third-order valence-corrected chi connectivity index (χ3v) is 10.9. The maximum absolute atomic E-state index is 11.3. The van der Waals surface area contributed by atoms with E-state index in [1.165, 1.54) is 58.2 Å². The number of phenolic OH excluding ortho intramolecular Hbond substituents is 1. The zero-order valence-corrected chi connectivity index (χ0v) is 28.4. The van der Waals surface area contributed by atoms with Gasteiger partial charge in [-0.1, -0.05) is 138 Å². The van der Waals surface area contributed by atoms with Crippen molar-refractivity contribution in [1.82, 2.24) is 0 Å². The van der Waals surface area contributed by atoms with Crippen LogP contribution in [0, 0.1) is 17.3 Å². The van der Waals surface area contributed by atoms with Crippen LogP contribution in [-0.4, -0.2) is 17.4 Å². The summed E-state index contributed by atoms with van der Waals surface area (Å²) in [6, 6.07) is 31.4. The van der Waals surface area contributed by atoms with Crippen molar-refractivity contribution in [1.29, 1.82) is 0 Å². The van der Waals surface area contributed by atoms with E-state index in [4.69, 9.17) is 4.99 Å². The first kappa shape index (κ1) is 31.3. The summed E-state index contributed by atoms with van der Waals surface area (Å²) in [6.45, 7) is 8.93. The molecule has 0 saturated heterocycles. The predicted octanol–water partition coefficient (Wildman–Crippen LogP) is 11.0. The van der Waals surface area contributed by atoms with Crippen molar-refractivity contribution in [3.8, 4) is 28.7 Å². The number of rotatable bonds is 6. The van der Waals surface area contributed by atoms with Gasteiger partial charge in [-0.15, -0.1) is 0 Å². The fourth-order valence-electron chi connectivity index (χ4n) is 8.40. The quantitative estimate of drug-likeness (QED) is 0.169. The predicted molar refractivity (Wildman–Crippen MR) is 197 cm³/mol. The van der Waals surface area contributed by atoms with Gasteiger partial charge in [0.2, 0.25) is 0 Å². The molecule has 1 fully saturated rings. The molecule has 0 aliphatic heterocycles. The van der Waals surface area contributed by atoms with Crippen molar-refractivity contribution in [2.45, 2.75) is 96.4 Å². The summed E-state index contributed by atoms with van der Waals surface area (Å²) in [5.41, 5.74) is 12.1. The lowest BCUT2D eigenvalue weighted by molar-refractivity contribution is 0.369. The Balaban J connectivity index is 1.24. The Bertz CT molecular complexity index is 1870. The van der Waals surface area contributed by atoms with Gasteiger partial charge < -0.3 is 5.11 Å². The maximum Gasteiger partial charge on any atom is 0.128 e. The average Bonchev–Trinajstić information content (AvgIpc) is 3.67. The van der Waals surface area contributed by atoms with Crippen LogP contribution in [0.1, 0.15) is 118 Å². The van der Waals surface area contributed by atoms with Crippen LogP contribution in [0.3, 0.4) is 0 Å². The molecule has 1 saturated carbocycles. The van der Waals surface area contributed by atoms with Gasteiger partial charge >= 0.3 is 0 Å². The molecule has 4 aromatic rings. The molecule has 0 aromatic heterocycles. The van der Waals surface area contributed by atoms with Crippen molar-refractivity contribution in [2.24, 2.45) is 10.4 Å². The minimum atomic E-state index is -0.209. The average molecular weight is 618 g/mol. The lowest BCUT2D eigenvalue weighted by Gasteiger charge is -2.39. The third-order valence-electron chi connectivity index (χ3n) is 10.9. The summed E-state index contributed by atoms with van der Waals surface area (Å²) in [5, 5.41) is 11.3.